The minimum Gasteiger partial charge on any atom is -0.487 e. The Labute approximate surface area is 171 Å². The minimum absolute atomic E-state index is 0.0395. The van der Waals surface area contributed by atoms with E-state index in [0.717, 1.165) is 18.9 Å². The van der Waals surface area contributed by atoms with E-state index in [1.54, 1.807) is 11.8 Å². The number of esters is 1. The average molecular weight is 415 g/mol. The molecule has 0 unspecified atom stereocenters. The lowest BCUT2D eigenvalue weighted by Crippen LogP contribution is -2.27. The highest BCUT2D eigenvalue weighted by molar-refractivity contribution is 6.02. The van der Waals surface area contributed by atoms with Crippen molar-refractivity contribution in [2.24, 2.45) is 0 Å². The third kappa shape index (κ3) is 4.65. The molecule has 1 amide bonds. The molecule has 1 fully saturated rings. The van der Waals surface area contributed by atoms with Gasteiger partial charge in [0.1, 0.15) is 5.69 Å². The number of nitro groups is 1. The number of nitrogens with one attached hydrogen (secondary N) is 1. The van der Waals surface area contributed by atoms with Crippen molar-refractivity contribution >= 4 is 23.3 Å². The molecule has 0 atom stereocenters. The van der Waals surface area contributed by atoms with Crippen molar-refractivity contribution in [2.75, 3.05) is 26.3 Å². The molecule has 1 aliphatic rings. The van der Waals surface area contributed by atoms with Crippen LogP contribution in [0, 0.1) is 10.1 Å². The van der Waals surface area contributed by atoms with E-state index in [1.165, 1.54) is 24.4 Å². The van der Waals surface area contributed by atoms with Crippen LogP contribution in [0.15, 0.2) is 30.5 Å². The highest BCUT2D eigenvalue weighted by Crippen LogP contribution is 2.28. The number of Topliss-reactive ketones (excluding diaryl/α,β-unsaturated/α-hetero) is 1. The number of benzene rings is 1. The van der Waals surface area contributed by atoms with Crippen molar-refractivity contribution in [3.63, 3.8) is 0 Å². The summed E-state index contributed by atoms with van der Waals surface area (Å²) in [5, 5.41) is 11.2. The number of carbonyl (C=O) groups excluding carboxylic acids is 3. The van der Waals surface area contributed by atoms with Gasteiger partial charge in [-0.3, -0.25) is 19.7 Å². The number of carbonyl (C=O) groups is 3. The second-order valence-corrected chi connectivity index (χ2v) is 6.67. The molecule has 2 aromatic rings. The largest absolute Gasteiger partial charge is 0.487 e. The summed E-state index contributed by atoms with van der Waals surface area (Å²) in [7, 11) is 0. The molecule has 0 bridgehead atoms. The molecule has 10 heteroatoms. The number of nitro benzene ring substituents is 1. The van der Waals surface area contributed by atoms with Crippen LogP contribution in [0.4, 0.5) is 5.69 Å². The zero-order chi connectivity index (χ0) is 21.7. The molecule has 1 aliphatic heterocycles. The molecule has 0 radical (unpaired) electrons. The molecule has 0 aliphatic carbocycles. The Morgan fingerprint density at radius 1 is 1.17 bits per heavy atom. The van der Waals surface area contributed by atoms with E-state index in [2.05, 4.69) is 4.98 Å². The Kier molecular flexibility index (Phi) is 6.45. The number of ether oxygens (including phenoxy) is 2. The summed E-state index contributed by atoms with van der Waals surface area (Å²) >= 11 is 0. The maximum atomic E-state index is 12.3. The Balaban J connectivity index is 1.62. The predicted octanol–water partition coefficient (Wildman–Crippen LogP) is 2.60. The zero-order valence-corrected chi connectivity index (χ0v) is 16.4. The number of ketones is 1. The molecule has 1 saturated heterocycles. The molecule has 10 nitrogen and oxygen atoms in total. The van der Waals surface area contributed by atoms with Crippen LogP contribution in [0.5, 0.6) is 5.75 Å². The first kappa shape index (κ1) is 21.0. The summed E-state index contributed by atoms with van der Waals surface area (Å²) in [6, 6.07) is 5.11. The molecule has 2 heterocycles. The molecular formula is C20H21N3O7. The number of likely N-dealkylation sites (tertiary alicyclic amines) is 1. The number of H-pyrrole nitrogens is 1. The number of hydrogen-bond acceptors (Lipinski definition) is 7. The summed E-state index contributed by atoms with van der Waals surface area (Å²) in [4.78, 5) is 51.8. The van der Waals surface area contributed by atoms with Gasteiger partial charge in [-0.1, -0.05) is 0 Å². The average Bonchev–Trinajstić information content (AvgIpc) is 3.44. The second-order valence-electron chi connectivity index (χ2n) is 6.67. The van der Waals surface area contributed by atoms with Crippen LogP contribution in [-0.2, 0) is 4.74 Å². The molecular weight excluding hydrogens is 394 g/mol. The van der Waals surface area contributed by atoms with E-state index in [9.17, 15) is 24.5 Å². The SMILES string of the molecule is CCOc1ccc(C(=O)OCC(=O)c2c[nH]c(C(=O)N3CCCC3)c2)cc1[N+](=O)[O-]. The van der Waals surface area contributed by atoms with Gasteiger partial charge in [-0.05, 0) is 38.0 Å². The Morgan fingerprint density at radius 3 is 2.57 bits per heavy atom. The van der Waals surface area contributed by atoms with Gasteiger partial charge < -0.3 is 19.4 Å². The van der Waals surface area contributed by atoms with Gasteiger partial charge in [-0.15, -0.1) is 0 Å². The molecule has 1 aromatic carbocycles. The van der Waals surface area contributed by atoms with Crippen LogP contribution >= 0.6 is 0 Å². The standard InChI is InChI=1S/C20H21N3O7/c1-2-29-18-6-5-13(10-16(18)23(27)28)20(26)30-12-17(24)14-9-15(21-11-14)19(25)22-7-3-4-8-22/h5-6,9-11,21H,2-4,7-8,12H2,1H3. The van der Waals surface area contributed by atoms with Gasteiger partial charge in [-0.25, -0.2) is 4.79 Å². The van der Waals surface area contributed by atoms with Gasteiger partial charge in [0.05, 0.1) is 17.1 Å². The van der Waals surface area contributed by atoms with Crippen molar-refractivity contribution < 1.29 is 28.8 Å². The smallest absolute Gasteiger partial charge is 0.338 e. The van der Waals surface area contributed by atoms with Crippen molar-refractivity contribution in [3.05, 3.63) is 57.4 Å². The lowest BCUT2D eigenvalue weighted by atomic mass is 10.2. The van der Waals surface area contributed by atoms with Crippen LogP contribution < -0.4 is 4.74 Å². The monoisotopic (exact) mass is 415 g/mol. The maximum absolute atomic E-state index is 12.3. The lowest BCUT2D eigenvalue weighted by Gasteiger charge is -2.13. The molecule has 0 spiro atoms. The fourth-order valence-corrected chi connectivity index (χ4v) is 3.13. The summed E-state index contributed by atoms with van der Waals surface area (Å²) in [6.45, 7) is 2.73. The highest BCUT2D eigenvalue weighted by atomic mass is 16.6. The fraction of sp³-hybridized carbons (Fsp3) is 0.350. The summed E-state index contributed by atoms with van der Waals surface area (Å²) < 4.78 is 10.2. The van der Waals surface area contributed by atoms with Crippen LogP contribution in [-0.4, -0.2) is 58.8 Å². The van der Waals surface area contributed by atoms with Crippen LogP contribution in [0.2, 0.25) is 0 Å². The first-order chi connectivity index (χ1) is 14.4. The first-order valence-corrected chi connectivity index (χ1v) is 9.50. The summed E-state index contributed by atoms with van der Waals surface area (Å²) in [5.41, 5.74) is 0.0713. The van der Waals surface area contributed by atoms with Gasteiger partial charge in [0.25, 0.3) is 5.91 Å². The number of aromatic amines is 1. The highest BCUT2D eigenvalue weighted by Gasteiger charge is 2.23. The number of amides is 1. The molecule has 1 aromatic heterocycles. The van der Waals surface area contributed by atoms with Gasteiger partial charge in [0.2, 0.25) is 5.78 Å². The van der Waals surface area contributed by atoms with Gasteiger partial charge in [-0.2, -0.15) is 0 Å². The van der Waals surface area contributed by atoms with Gasteiger partial charge in [0.15, 0.2) is 12.4 Å². The molecule has 1 N–H and O–H groups in total. The zero-order valence-electron chi connectivity index (χ0n) is 16.4. The van der Waals surface area contributed by atoms with E-state index in [1.807, 2.05) is 0 Å². The molecule has 0 saturated carbocycles. The fourth-order valence-electron chi connectivity index (χ4n) is 3.13. The van der Waals surface area contributed by atoms with Crippen LogP contribution in [0.1, 0.15) is 51.0 Å². The second kappa shape index (κ2) is 9.21. The Bertz CT molecular complexity index is 977. The summed E-state index contributed by atoms with van der Waals surface area (Å²) in [6.07, 6.45) is 3.30. The van der Waals surface area contributed by atoms with Crippen molar-refractivity contribution in [3.8, 4) is 5.75 Å². The first-order valence-electron chi connectivity index (χ1n) is 9.50. The van der Waals surface area contributed by atoms with Gasteiger partial charge in [0, 0.05) is 30.9 Å². The van der Waals surface area contributed by atoms with E-state index >= 15 is 0 Å². The van der Waals surface area contributed by atoms with E-state index in [0.29, 0.717) is 18.8 Å². The van der Waals surface area contributed by atoms with Crippen LogP contribution in [0.25, 0.3) is 0 Å². The van der Waals surface area contributed by atoms with E-state index in [-0.39, 0.29) is 35.1 Å². The molecule has 30 heavy (non-hydrogen) atoms. The normalized spacial score (nSPS) is 13.2. The predicted molar refractivity (Wildman–Crippen MR) is 105 cm³/mol. The van der Waals surface area contributed by atoms with Crippen molar-refractivity contribution in [1.29, 1.82) is 0 Å². The minimum atomic E-state index is -0.876. The quantitative estimate of drug-likeness (QED) is 0.303. The van der Waals surface area contributed by atoms with Crippen LogP contribution in [0.3, 0.4) is 0 Å². The van der Waals surface area contributed by atoms with Crippen molar-refractivity contribution in [2.45, 2.75) is 19.8 Å². The third-order valence-electron chi connectivity index (χ3n) is 4.65. The maximum Gasteiger partial charge on any atom is 0.338 e. The number of nitrogens with zero attached hydrogens (tertiary/aromatic N) is 2. The number of hydrogen-bond donors (Lipinski definition) is 1. The molecule has 158 valence electrons. The van der Waals surface area contributed by atoms with Gasteiger partial charge >= 0.3 is 11.7 Å². The topological polar surface area (TPSA) is 132 Å². The Morgan fingerprint density at radius 2 is 1.90 bits per heavy atom. The number of rotatable bonds is 8. The van der Waals surface area contributed by atoms with E-state index < -0.39 is 23.3 Å². The summed E-state index contributed by atoms with van der Waals surface area (Å²) in [5.74, 6) is -1.51. The van der Waals surface area contributed by atoms with Crippen molar-refractivity contribution in [1.82, 2.24) is 9.88 Å². The third-order valence-corrected chi connectivity index (χ3v) is 4.65. The molecule has 3 rings (SSSR count). The number of aromatic nitrogens is 1. The van der Waals surface area contributed by atoms with E-state index in [4.69, 9.17) is 9.47 Å². The lowest BCUT2D eigenvalue weighted by molar-refractivity contribution is -0.385. The Hall–Kier alpha value is -3.69.